The van der Waals surface area contributed by atoms with Crippen molar-refractivity contribution in [3.8, 4) is 0 Å². The van der Waals surface area contributed by atoms with Crippen LogP contribution in [-0.4, -0.2) is 17.0 Å². The lowest BCUT2D eigenvalue weighted by molar-refractivity contribution is -0.118. The molecule has 0 fully saturated rings. The first kappa shape index (κ1) is 29.2. The number of nitrogens with two attached hydrogens (primary N) is 1. The maximum atomic E-state index is 13.7. The van der Waals surface area contributed by atoms with Crippen molar-refractivity contribution in [2.24, 2.45) is 17.2 Å². The van der Waals surface area contributed by atoms with Gasteiger partial charge in [0.1, 0.15) is 5.82 Å². The summed E-state index contributed by atoms with van der Waals surface area (Å²) in [5.74, 6) is 6.67. The summed E-state index contributed by atoms with van der Waals surface area (Å²) in [5, 5.41) is 4.99. The number of nitrogens with zero attached hydrogens (tertiary/aromatic N) is 1. The van der Waals surface area contributed by atoms with Crippen molar-refractivity contribution in [1.29, 1.82) is 0 Å². The van der Waals surface area contributed by atoms with Crippen LogP contribution in [0, 0.1) is 11.3 Å². The summed E-state index contributed by atoms with van der Waals surface area (Å²) in [4.78, 5) is 13.7. The van der Waals surface area contributed by atoms with E-state index in [1.807, 2.05) is 52.0 Å². The quantitative estimate of drug-likeness (QED) is 0.148. The van der Waals surface area contributed by atoms with Crippen LogP contribution in [0.25, 0.3) is 0 Å². The van der Waals surface area contributed by atoms with Gasteiger partial charge in [-0.3, -0.25) is 9.80 Å². The van der Waals surface area contributed by atoms with E-state index in [2.05, 4.69) is 11.9 Å². The molecule has 0 saturated carbocycles. The number of hydrazine groups is 1. The number of halogens is 3. The van der Waals surface area contributed by atoms with Crippen LogP contribution in [0.1, 0.15) is 59.8 Å². The van der Waals surface area contributed by atoms with Crippen molar-refractivity contribution in [2.75, 3.05) is 0 Å². The van der Waals surface area contributed by atoms with Crippen molar-refractivity contribution < 1.29 is 18.0 Å². The molecule has 1 atom stereocenters. The summed E-state index contributed by atoms with van der Waals surface area (Å²) in [7, 11) is 0. The number of rotatable bonds is 8. The number of carbonyl (C=O) groups is 1. The van der Waals surface area contributed by atoms with Gasteiger partial charge in [-0.05, 0) is 50.5 Å². The SMILES string of the molecule is C=CC=CC/C(=C\C)CC1=C(N(N)/C=C/C)NC2=C(C(=O)CC(C)(C)C2)C1C1=CC=C(C(F)(F)F)C=CC1. The summed E-state index contributed by atoms with van der Waals surface area (Å²) >= 11 is 0. The number of nitrogens with one attached hydrogen (secondary N) is 1. The second-order valence-corrected chi connectivity index (χ2v) is 10.6. The molecule has 3 rings (SSSR count). The van der Waals surface area contributed by atoms with Gasteiger partial charge in [0.25, 0.3) is 0 Å². The molecular formula is C31H38F3N3O. The fourth-order valence-electron chi connectivity index (χ4n) is 5.27. The average Bonchev–Trinajstić information content (AvgIpc) is 3.09. The number of Topliss-reactive ketones (excluding diaryl/α,β-unsaturated/α-hetero) is 1. The minimum Gasteiger partial charge on any atom is -0.344 e. The van der Waals surface area contributed by atoms with Crippen molar-refractivity contribution in [3.63, 3.8) is 0 Å². The molecule has 0 radical (unpaired) electrons. The van der Waals surface area contributed by atoms with Gasteiger partial charge in [-0.2, -0.15) is 13.2 Å². The Balaban J connectivity index is 2.24. The first-order valence-corrected chi connectivity index (χ1v) is 12.9. The molecule has 38 heavy (non-hydrogen) atoms. The number of hydrogen-bond acceptors (Lipinski definition) is 4. The highest BCUT2D eigenvalue weighted by Crippen LogP contribution is 2.48. The van der Waals surface area contributed by atoms with Crippen LogP contribution >= 0.6 is 0 Å². The van der Waals surface area contributed by atoms with Crippen molar-refractivity contribution in [2.45, 2.75) is 66.0 Å². The Kier molecular flexibility index (Phi) is 9.26. The van der Waals surface area contributed by atoms with Gasteiger partial charge in [-0.25, -0.2) is 5.84 Å². The highest BCUT2D eigenvalue weighted by atomic mass is 19.4. The van der Waals surface area contributed by atoms with E-state index in [4.69, 9.17) is 5.84 Å². The molecular weight excluding hydrogens is 487 g/mol. The van der Waals surface area contributed by atoms with Crippen molar-refractivity contribution in [1.82, 2.24) is 10.3 Å². The van der Waals surface area contributed by atoms with Crippen molar-refractivity contribution >= 4 is 5.78 Å². The third kappa shape index (κ3) is 6.76. The molecule has 0 aromatic rings. The number of hydrogen-bond donors (Lipinski definition) is 2. The molecule has 0 amide bonds. The molecule has 7 heteroatoms. The van der Waals surface area contributed by atoms with E-state index in [1.165, 1.54) is 17.2 Å². The highest BCUT2D eigenvalue weighted by molar-refractivity contribution is 5.99. The van der Waals surface area contributed by atoms with Crippen LogP contribution in [-0.2, 0) is 4.79 Å². The van der Waals surface area contributed by atoms with Gasteiger partial charge in [0.05, 0.1) is 5.57 Å². The Hall–Kier alpha value is -3.32. The normalized spacial score (nSPS) is 22.4. The second-order valence-electron chi connectivity index (χ2n) is 10.6. The van der Waals surface area contributed by atoms with Crippen LogP contribution in [0.4, 0.5) is 13.2 Å². The highest BCUT2D eigenvalue weighted by Gasteiger charge is 2.43. The number of carbonyl (C=O) groups excluding carboxylic acids is 1. The molecule has 2 aliphatic carbocycles. The fraction of sp³-hybridized carbons (Fsp3) is 0.387. The molecule has 3 N–H and O–H groups in total. The third-order valence-corrected chi connectivity index (χ3v) is 7.00. The molecule has 0 bridgehead atoms. The van der Waals surface area contributed by atoms with Gasteiger partial charge >= 0.3 is 6.18 Å². The van der Waals surface area contributed by atoms with Gasteiger partial charge in [0.15, 0.2) is 5.78 Å². The zero-order valence-electron chi connectivity index (χ0n) is 22.7. The Morgan fingerprint density at radius 1 is 1.26 bits per heavy atom. The minimum atomic E-state index is -4.45. The number of alkyl halides is 3. The Labute approximate surface area is 224 Å². The van der Waals surface area contributed by atoms with Gasteiger partial charge in [-0.1, -0.05) is 86.3 Å². The van der Waals surface area contributed by atoms with Crippen molar-refractivity contribution in [3.05, 3.63) is 107 Å². The standard InChI is InChI=1S/C31H38F3N3O/c1-6-9-10-12-21(8-3)18-24-27(22-13-11-14-23(16-15-22)31(32,33)34)28-25(19-30(4,5)20-26(28)38)36-29(24)37(35)17-7-2/h6-11,14-17,27,36H,1,12-13,18-20,35H2,2-5H3/b10-9?,17-7+,21-8+. The van der Waals surface area contributed by atoms with E-state index >= 15 is 0 Å². The Morgan fingerprint density at radius 2 is 2.00 bits per heavy atom. The maximum absolute atomic E-state index is 13.7. The number of dihydropyridines is 1. The van der Waals surface area contributed by atoms with E-state index in [0.717, 1.165) is 34.6 Å². The molecule has 0 aromatic carbocycles. The molecule has 0 aromatic heterocycles. The summed E-state index contributed by atoms with van der Waals surface area (Å²) in [6.07, 6.45) is 14.5. The van der Waals surface area contributed by atoms with E-state index in [-0.39, 0.29) is 11.2 Å². The predicted octanol–water partition coefficient (Wildman–Crippen LogP) is 7.61. The van der Waals surface area contributed by atoms with Crippen LogP contribution in [0.2, 0.25) is 0 Å². The first-order valence-electron chi connectivity index (χ1n) is 12.9. The van der Waals surface area contributed by atoms with E-state index < -0.39 is 17.7 Å². The van der Waals surface area contributed by atoms with Gasteiger partial charge in [0, 0.05) is 29.8 Å². The molecule has 204 valence electrons. The molecule has 1 heterocycles. The monoisotopic (exact) mass is 525 g/mol. The lowest BCUT2D eigenvalue weighted by Crippen LogP contribution is -2.44. The van der Waals surface area contributed by atoms with Gasteiger partial charge in [-0.15, -0.1) is 0 Å². The van der Waals surface area contributed by atoms with Crippen LogP contribution < -0.4 is 11.2 Å². The number of allylic oxidation sites excluding steroid dienone is 15. The average molecular weight is 526 g/mol. The Morgan fingerprint density at radius 3 is 2.63 bits per heavy atom. The fourth-order valence-corrected chi connectivity index (χ4v) is 5.27. The van der Waals surface area contributed by atoms with Crippen LogP contribution in [0.3, 0.4) is 0 Å². The number of ketones is 1. The zero-order valence-corrected chi connectivity index (χ0v) is 22.7. The summed E-state index contributed by atoms with van der Waals surface area (Å²) in [6.45, 7) is 11.6. The molecule has 0 spiro atoms. The molecule has 1 unspecified atom stereocenters. The largest absolute Gasteiger partial charge is 0.416 e. The second kappa shape index (κ2) is 12.0. The van der Waals surface area contributed by atoms with E-state index in [9.17, 15) is 18.0 Å². The van der Waals surface area contributed by atoms with Crippen LogP contribution in [0.15, 0.2) is 107 Å². The van der Waals surface area contributed by atoms with E-state index in [0.29, 0.717) is 43.5 Å². The van der Waals surface area contributed by atoms with Gasteiger partial charge in [0.2, 0.25) is 0 Å². The summed E-state index contributed by atoms with van der Waals surface area (Å²) in [6, 6.07) is 0. The smallest absolute Gasteiger partial charge is 0.344 e. The third-order valence-electron chi connectivity index (χ3n) is 7.00. The molecule has 4 nitrogen and oxygen atoms in total. The zero-order chi connectivity index (χ0) is 28.1. The van der Waals surface area contributed by atoms with E-state index in [1.54, 1.807) is 12.3 Å². The maximum Gasteiger partial charge on any atom is 0.416 e. The summed E-state index contributed by atoms with van der Waals surface area (Å²) in [5.41, 5.74) is 3.16. The topological polar surface area (TPSA) is 58.4 Å². The molecule has 0 saturated heterocycles. The molecule has 3 aliphatic rings. The first-order chi connectivity index (χ1) is 17.9. The summed E-state index contributed by atoms with van der Waals surface area (Å²) < 4.78 is 40.6. The predicted molar refractivity (Wildman–Crippen MR) is 148 cm³/mol. The minimum absolute atomic E-state index is 0.0163. The lowest BCUT2D eigenvalue weighted by atomic mass is 9.67. The lowest BCUT2D eigenvalue weighted by Gasteiger charge is -2.42. The van der Waals surface area contributed by atoms with Gasteiger partial charge < -0.3 is 5.32 Å². The molecule has 1 aliphatic heterocycles. The Bertz CT molecular complexity index is 1200. The van der Waals surface area contributed by atoms with Crippen LogP contribution in [0.5, 0.6) is 0 Å².